The van der Waals surface area contributed by atoms with Crippen LogP contribution in [-0.4, -0.2) is 49.5 Å². The smallest absolute Gasteiger partial charge is 0.308 e. The Morgan fingerprint density at radius 1 is 1.17 bits per heavy atom. The van der Waals surface area contributed by atoms with Gasteiger partial charge in [0, 0.05) is 31.2 Å². The van der Waals surface area contributed by atoms with Crippen LogP contribution >= 0.6 is 0 Å². The van der Waals surface area contributed by atoms with Crippen LogP contribution in [0.15, 0.2) is 29.3 Å². The first-order valence-electron chi connectivity index (χ1n) is 10.6. The lowest BCUT2D eigenvalue weighted by atomic mass is 9.85. The molecular weight excluding hydrogens is 368 g/mol. The molecule has 1 amide bonds. The quantitative estimate of drug-likeness (QED) is 0.436. The Labute approximate surface area is 172 Å². The number of esters is 1. The topological polar surface area (TPSA) is 83.0 Å². The SMILES string of the molecule is CCNC(=NCc1cccc(NC(=O)C2CCC2)c1)N1CCC(C(=O)OC)CC1. The van der Waals surface area contributed by atoms with Gasteiger partial charge in [-0.3, -0.25) is 9.59 Å². The summed E-state index contributed by atoms with van der Waals surface area (Å²) in [6.07, 6.45) is 4.69. The molecule has 1 aliphatic carbocycles. The maximum absolute atomic E-state index is 12.2. The Morgan fingerprint density at radius 3 is 2.55 bits per heavy atom. The number of hydrogen-bond donors (Lipinski definition) is 2. The van der Waals surface area contributed by atoms with Crippen LogP contribution in [0.4, 0.5) is 5.69 Å². The molecule has 0 aromatic heterocycles. The van der Waals surface area contributed by atoms with E-state index < -0.39 is 0 Å². The van der Waals surface area contributed by atoms with Crippen molar-refractivity contribution in [3.05, 3.63) is 29.8 Å². The first kappa shape index (κ1) is 21.1. The molecule has 1 saturated carbocycles. The van der Waals surface area contributed by atoms with Crippen molar-refractivity contribution >= 4 is 23.5 Å². The number of guanidine groups is 1. The van der Waals surface area contributed by atoms with E-state index in [1.54, 1.807) is 0 Å². The van der Waals surface area contributed by atoms with Gasteiger partial charge in [0.1, 0.15) is 0 Å². The number of benzene rings is 1. The summed E-state index contributed by atoms with van der Waals surface area (Å²) in [5, 5.41) is 6.37. The van der Waals surface area contributed by atoms with E-state index in [1.807, 2.05) is 31.2 Å². The van der Waals surface area contributed by atoms with Gasteiger partial charge in [-0.05, 0) is 50.3 Å². The summed E-state index contributed by atoms with van der Waals surface area (Å²) in [7, 11) is 1.45. The number of nitrogens with one attached hydrogen (secondary N) is 2. The highest BCUT2D eigenvalue weighted by Gasteiger charge is 2.27. The fourth-order valence-electron chi connectivity index (χ4n) is 3.75. The molecule has 3 rings (SSSR count). The standard InChI is InChI=1S/C22H32N4O3/c1-3-23-22(26-12-10-18(11-13-26)21(28)29-2)24-15-16-6-4-9-19(14-16)25-20(27)17-7-5-8-17/h4,6,9,14,17-18H,3,5,7-8,10-13,15H2,1-2H3,(H,23,24)(H,25,27). The van der Waals surface area contributed by atoms with E-state index in [0.717, 1.165) is 68.9 Å². The molecule has 0 unspecified atom stereocenters. The third kappa shape index (κ3) is 5.71. The van der Waals surface area contributed by atoms with Crippen molar-refractivity contribution in [3.63, 3.8) is 0 Å². The lowest BCUT2D eigenvalue weighted by molar-refractivity contribution is -0.146. The summed E-state index contributed by atoms with van der Waals surface area (Å²) in [6.45, 7) is 4.93. The van der Waals surface area contributed by atoms with Crippen molar-refractivity contribution in [2.24, 2.45) is 16.8 Å². The van der Waals surface area contributed by atoms with Gasteiger partial charge in [0.05, 0.1) is 19.6 Å². The summed E-state index contributed by atoms with van der Waals surface area (Å²) in [6, 6.07) is 7.89. The lowest BCUT2D eigenvalue weighted by Gasteiger charge is -2.33. The van der Waals surface area contributed by atoms with Gasteiger partial charge in [-0.25, -0.2) is 4.99 Å². The number of carbonyl (C=O) groups is 2. The number of rotatable bonds is 6. The molecule has 158 valence electrons. The van der Waals surface area contributed by atoms with Crippen LogP contribution < -0.4 is 10.6 Å². The Bertz CT molecular complexity index is 737. The average Bonchev–Trinajstić information content (AvgIpc) is 2.69. The summed E-state index contributed by atoms with van der Waals surface area (Å²) in [4.78, 5) is 30.9. The fraction of sp³-hybridized carbons (Fsp3) is 0.591. The van der Waals surface area contributed by atoms with Crippen molar-refractivity contribution in [1.29, 1.82) is 0 Å². The number of amides is 1. The van der Waals surface area contributed by atoms with E-state index in [9.17, 15) is 9.59 Å². The monoisotopic (exact) mass is 400 g/mol. The number of methoxy groups -OCH3 is 1. The molecule has 29 heavy (non-hydrogen) atoms. The van der Waals surface area contributed by atoms with Gasteiger partial charge in [0.25, 0.3) is 0 Å². The highest BCUT2D eigenvalue weighted by molar-refractivity contribution is 5.93. The molecule has 2 N–H and O–H groups in total. The van der Waals surface area contributed by atoms with Crippen molar-refractivity contribution in [1.82, 2.24) is 10.2 Å². The minimum absolute atomic E-state index is 0.0184. The third-order valence-electron chi connectivity index (χ3n) is 5.75. The Balaban J connectivity index is 1.59. The number of carbonyl (C=O) groups excluding carboxylic acids is 2. The van der Waals surface area contributed by atoms with Gasteiger partial charge in [0.2, 0.25) is 5.91 Å². The van der Waals surface area contributed by atoms with Gasteiger partial charge in [0.15, 0.2) is 5.96 Å². The molecule has 1 aliphatic heterocycles. The second-order valence-electron chi connectivity index (χ2n) is 7.77. The van der Waals surface area contributed by atoms with Gasteiger partial charge in [-0.2, -0.15) is 0 Å². The maximum Gasteiger partial charge on any atom is 0.308 e. The Hall–Kier alpha value is -2.57. The van der Waals surface area contributed by atoms with Gasteiger partial charge >= 0.3 is 5.97 Å². The van der Waals surface area contributed by atoms with Gasteiger partial charge < -0.3 is 20.3 Å². The Kier molecular flexibility index (Phi) is 7.49. The summed E-state index contributed by atoms with van der Waals surface area (Å²) >= 11 is 0. The third-order valence-corrected chi connectivity index (χ3v) is 5.75. The second kappa shape index (κ2) is 10.3. The molecule has 7 heteroatoms. The number of likely N-dealkylation sites (tertiary alicyclic amines) is 1. The molecule has 0 atom stereocenters. The average molecular weight is 401 g/mol. The van der Waals surface area contributed by atoms with E-state index in [-0.39, 0.29) is 23.7 Å². The minimum atomic E-state index is -0.118. The van der Waals surface area contributed by atoms with Crippen LogP contribution in [0, 0.1) is 11.8 Å². The first-order chi connectivity index (χ1) is 14.1. The number of aliphatic imine (C=N–C) groups is 1. The van der Waals surface area contributed by atoms with Gasteiger partial charge in [-0.1, -0.05) is 18.6 Å². The highest BCUT2D eigenvalue weighted by atomic mass is 16.5. The molecular formula is C22H32N4O3. The lowest BCUT2D eigenvalue weighted by Crippen LogP contribution is -2.46. The summed E-state index contributed by atoms with van der Waals surface area (Å²) in [5.74, 6) is 1.02. The zero-order valence-corrected chi connectivity index (χ0v) is 17.4. The number of hydrogen-bond acceptors (Lipinski definition) is 4. The molecule has 0 radical (unpaired) electrons. The molecule has 7 nitrogen and oxygen atoms in total. The van der Waals surface area contributed by atoms with Crippen LogP contribution in [-0.2, 0) is 20.9 Å². The largest absolute Gasteiger partial charge is 0.469 e. The zero-order chi connectivity index (χ0) is 20.6. The van der Waals surface area contributed by atoms with Gasteiger partial charge in [-0.15, -0.1) is 0 Å². The first-order valence-corrected chi connectivity index (χ1v) is 10.6. The van der Waals surface area contributed by atoms with Crippen LogP contribution in [0.1, 0.15) is 44.6 Å². The predicted octanol–water partition coefficient (Wildman–Crippen LogP) is 2.78. The number of nitrogens with zero attached hydrogens (tertiary/aromatic N) is 2. The molecule has 1 aromatic carbocycles. The second-order valence-corrected chi connectivity index (χ2v) is 7.77. The number of ether oxygens (including phenoxy) is 1. The van der Waals surface area contributed by atoms with Crippen molar-refractivity contribution in [3.8, 4) is 0 Å². The summed E-state index contributed by atoms with van der Waals surface area (Å²) < 4.78 is 4.87. The molecule has 0 spiro atoms. The van der Waals surface area contributed by atoms with Crippen LogP contribution in [0.25, 0.3) is 0 Å². The van der Waals surface area contributed by atoms with Crippen LogP contribution in [0.5, 0.6) is 0 Å². The number of anilines is 1. The summed E-state index contributed by atoms with van der Waals surface area (Å²) in [5.41, 5.74) is 1.88. The van der Waals surface area contributed by atoms with Crippen molar-refractivity contribution in [2.45, 2.75) is 45.6 Å². The molecule has 2 fully saturated rings. The Morgan fingerprint density at radius 2 is 1.93 bits per heavy atom. The van der Waals surface area contributed by atoms with E-state index in [2.05, 4.69) is 15.5 Å². The maximum atomic E-state index is 12.2. The molecule has 0 bridgehead atoms. The normalized spacial score (nSPS) is 18.1. The predicted molar refractivity (Wildman–Crippen MR) is 114 cm³/mol. The van der Waals surface area contributed by atoms with E-state index in [4.69, 9.17) is 9.73 Å². The fourth-order valence-corrected chi connectivity index (χ4v) is 3.75. The van der Waals surface area contributed by atoms with E-state index in [0.29, 0.717) is 6.54 Å². The van der Waals surface area contributed by atoms with Crippen LogP contribution in [0.3, 0.4) is 0 Å². The van der Waals surface area contributed by atoms with E-state index in [1.165, 1.54) is 7.11 Å². The number of piperidine rings is 1. The highest BCUT2D eigenvalue weighted by Crippen LogP contribution is 2.27. The molecule has 1 aromatic rings. The van der Waals surface area contributed by atoms with Crippen molar-refractivity contribution < 1.29 is 14.3 Å². The van der Waals surface area contributed by atoms with Crippen LogP contribution in [0.2, 0.25) is 0 Å². The van der Waals surface area contributed by atoms with E-state index >= 15 is 0 Å². The molecule has 1 heterocycles. The molecule has 2 aliphatic rings. The zero-order valence-electron chi connectivity index (χ0n) is 17.4. The molecule has 1 saturated heterocycles. The van der Waals surface area contributed by atoms with Crippen molar-refractivity contribution in [2.75, 3.05) is 32.1 Å². The minimum Gasteiger partial charge on any atom is -0.469 e.